The largest absolute Gasteiger partial charge is 0.392 e. The quantitative estimate of drug-likeness (QED) is 0.588. The van der Waals surface area contributed by atoms with Gasteiger partial charge in [0.25, 0.3) is 0 Å². The number of nitrogens with zero attached hydrogens (tertiary/aromatic N) is 1. The molecule has 35 heavy (non-hydrogen) atoms. The number of carbonyl (C=O) groups is 2. The molecule has 0 spiro atoms. The lowest BCUT2D eigenvalue weighted by molar-refractivity contribution is -0.150. The van der Waals surface area contributed by atoms with Gasteiger partial charge in [-0.1, -0.05) is 70.4 Å². The number of rotatable bonds is 6. The van der Waals surface area contributed by atoms with Crippen LogP contribution in [0.2, 0.25) is 0 Å². The van der Waals surface area contributed by atoms with Crippen molar-refractivity contribution in [2.75, 3.05) is 7.05 Å². The van der Waals surface area contributed by atoms with Crippen LogP contribution in [0.5, 0.6) is 0 Å². The van der Waals surface area contributed by atoms with Crippen LogP contribution in [0.4, 0.5) is 0 Å². The van der Waals surface area contributed by atoms with Gasteiger partial charge >= 0.3 is 0 Å². The van der Waals surface area contributed by atoms with Gasteiger partial charge in [-0.05, 0) is 67.3 Å². The number of nitrogens with one attached hydrogen (secondary N) is 1. The van der Waals surface area contributed by atoms with E-state index in [0.717, 1.165) is 56.9 Å². The van der Waals surface area contributed by atoms with Crippen molar-refractivity contribution in [1.29, 1.82) is 0 Å². The third kappa shape index (κ3) is 5.60. The summed E-state index contributed by atoms with van der Waals surface area (Å²) in [4.78, 5) is 28.2. The molecule has 1 aromatic rings. The second kappa shape index (κ2) is 11.0. The van der Waals surface area contributed by atoms with Gasteiger partial charge in [0.1, 0.15) is 0 Å². The molecule has 7 atom stereocenters. The van der Waals surface area contributed by atoms with E-state index in [9.17, 15) is 14.7 Å². The molecular weight excluding hydrogens is 436 g/mol. The van der Waals surface area contributed by atoms with Crippen molar-refractivity contribution in [2.45, 2.75) is 97.2 Å². The lowest BCUT2D eigenvalue weighted by Gasteiger charge is -2.56. The van der Waals surface area contributed by atoms with Gasteiger partial charge in [-0.3, -0.25) is 9.59 Å². The maximum absolute atomic E-state index is 13.4. The molecule has 0 heterocycles. The Hall–Kier alpha value is -1.88. The minimum absolute atomic E-state index is 0.0472. The molecule has 194 valence electrons. The number of hydrogen-bond donors (Lipinski definition) is 2. The highest BCUT2D eigenvalue weighted by Gasteiger charge is 2.54. The Balaban J connectivity index is 1.42. The lowest BCUT2D eigenvalue weighted by atomic mass is 9.51. The number of benzene rings is 1. The van der Waals surface area contributed by atoms with Crippen LogP contribution in [-0.4, -0.2) is 41.0 Å². The smallest absolute Gasteiger partial charge is 0.225 e. The fourth-order valence-corrected chi connectivity index (χ4v) is 7.63. The highest BCUT2D eigenvalue weighted by atomic mass is 16.3. The van der Waals surface area contributed by atoms with E-state index in [1.807, 2.05) is 44.3 Å². The van der Waals surface area contributed by atoms with Crippen molar-refractivity contribution in [3.63, 3.8) is 0 Å². The molecule has 0 bridgehead atoms. The van der Waals surface area contributed by atoms with Crippen molar-refractivity contribution < 1.29 is 14.7 Å². The van der Waals surface area contributed by atoms with Gasteiger partial charge in [-0.2, -0.15) is 0 Å². The van der Waals surface area contributed by atoms with E-state index in [0.29, 0.717) is 6.54 Å². The molecule has 0 radical (unpaired) electrons. The van der Waals surface area contributed by atoms with Crippen molar-refractivity contribution in [3.05, 3.63) is 35.9 Å². The Kier molecular flexibility index (Phi) is 8.25. The zero-order valence-corrected chi connectivity index (χ0v) is 22.2. The van der Waals surface area contributed by atoms with Crippen molar-refractivity contribution in [1.82, 2.24) is 10.2 Å². The molecule has 3 aliphatic carbocycles. The third-order valence-corrected chi connectivity index (χ3v) is 9.86. The Morgan fingerprint density at radius 2 is 1.74 bits per heavy atom. The first-order valence-corrected chi connectivity index (χ1v) is 14.0. The minimum atomic E-state index is -0.526. The first-order chi connectivity index (χ1) is 16.7. The van der Waals surface area contributed by atoms with Gasteiger partial charge in [0.05, 0.1) is 6.10 Å². The van der Waals surface area contributed by atoms with Crippen molar-refractivity contribution in [2.24, 2.45) is 35.0 Å². The summed E-state index contributed by atoms with van der Waals surface area (Å²) in [5.74, 6) is 0.503. The normalized spacial score (nSPS) is 34.5. The number of aliphatic hydroxyl groups excluding tert-OH is 1. The maximum atomic E-state index is 13.4. The van der Waals surface area contributed by atoms with Gasteiger partial charge < -0.3 is 15.3 Å². The Morgan fingerprint density at radius 1 is 1.09 bits per heavy atom. The summed E-state index contributed by atoms with van der Waals surface area (Å²) in [5.41, 5.74) is 1.19. The monoisotopic (exact) mass is 482 g/mol. The Morgan fingerprint density at radius 3 is 2.43 bits per heavy atom. The summed E-state index contributed by atoms with van der Waals surface area (Å²) in [6, 6.07) is 10.2. The number of hydrogen-bond acceptors (Lipinski definition) is 3. The Bertz CT molecular complexity index is 868. The van der Waals surface area contributed by atoms with E-state index < -0.39 is 6.10 Å². The first kappa shape index (κ1) is 26.2. The molecule has 5 heteroatoms. The predicted octanol–water partition coefficient (Wildman–Crippen LogP) is 5.17. The summed E-state index contributed by atoms with van der Waals surface area (Å²) in [6.07, 6.45) is 8.98. The second-order valence-corrected chi connectivity index (χ2v) is 12.2. The fourth-order valence-electron chi connectivity index (χ4n) is 7.63. The summed E-state index contributed by atoms with van der Waals surface area (Å²) < 4.78 is 0. The molecular formula is C30H46N2O3. The van der Waals surface area contributed by atoms with Gasteiger partial charge in [0.15, 0.2) is 0 Å². The number of amides is 2. The fraction of sp³-hybridized carbons (Fsp3) is 0.733. The molecule has 3 saturated carbocycles. The van der Waals surface area contributed by atoms with Crippen LogP contribution in [0.25, 0.3) is 0 Å². The standard InChI is InChI=1S/C30H46N2O3/c1-20(29(35)32(4)19-22-11-7-5-8-12-22)24-15-17-30(3)18-16-25(21(2)26(30)27(24)33)31-28(34)23-13-9-6-10-14-23/h5,7-8,11-12,20-21,23-27,33H,6,9-10,13-19H2,1-4H3,(H,31,34)/t20-,21+,24-,25-,26+,27-,30-/m0/s1. The van der Waals surface area contributed by atoms with Crippen LogP contribution in [0.3, 0.4) is 0 Å². The minimum Gasteiger partial charge on any atom is -0.392 e. The van der Waals surface area contributed by atoms with Crippen LogP contribution in [0, 0.1) is 35.0 Å². The molecule has 4 rings (SSSR count). The van der Waals surface area contributed by atoms with Gasteiger partial charge in [0.2, 0.25) is 11.8 Å². The number of aliphatic hydroxyl groups is 1. The maximum Gasteiger partial charge on any atom is 0.225 e. The van der Waals surface area contributed by atoms with Crippen LogP contribution >= 0.6 is 0 Å². The summed E-state index contributed by atoms with van der Waals surface area (Å²) in [6.45, 7) is 7.12. The zero-order chi connectivity index (χ0) is 25.2. The average molecular weight is 483 g/mol. The second-order valence-electron chi connectivity index (χ2n) is 12.2. The SMILES string of the molecule is C[C@H]1[C@@H]2[C@@H](O)[C@H]([C@H](C)C(=O)N(C)Cc3ccccc3)CC[C@@]2(C)CC[C@@H]1NC(=O)C1CCCCC1. The number of carbonyl (C=O) groups excluding carboxylic acids is 2. The molecule has 3 fully saturated rings. The van der Waals surface area contributed by atoms with E-state index in [4.69, 9.17) is 0 Å². The summed E-state index contributed by atoms with van der Waals surface area (Å²) in [5, 5.41) is 15.1. The highest BCUT2D eigenvalue weighted by Crippen LogP contribution is 2.55. The highest BCUT2D eigenvalue weighted by molar-refractivity contribution is 5.79. The summed E-state index contributed by atoms with van der Waals surface area (Å²) in [7, 11) is 1.87. The lowest BCUT2D eigenvalue weighted by Crippen LogP contribution is -2.59. The molecule has 1 aromatic carbocycles. The molecule has 2 amide bonds. The van der Waals surface area contributed by atoms with E-state index in [1.54, 1.807) is 4.90 Å². The van der Waals surface area contributed by atoms with Crippen LogP contribution in [0.1, 0.15) is 84.1 Å². The van der Waals surface area contributed by atoms with Crippen molar-refractivity contribution in [3.8, 4) is 0 Å². The van der Waals surface area contributed by atoms with E-state index in [1.165, 1.54) is 6.42 Å². The third-order valence-electron chi connectivity index (χ3n) is 9.86. The van der Waals surface area contributed by atoms with E-state index in [2.05, 4.69) is 19.2 Å². The molecule has 2 N–H and O–H groups in total. The van der Waals surface area contributed by atoms with E-state index >= 15 is 0 Å². The van der Waals surface area contributed by atoms with Crippen molar-refractivity contribution >= 4 is 11.8 Å². The summed E-state index contributed by atoms with van der Waals surface area (Å²) >= 11 is 0. The molecule has 0 aliphatic heterocycles. The van der Waals surface area contributed by atoms with Crippen LogP contribution < -0.4 is 5.32 Å². The molecule has 0 saturated heterocycles. The Labute approximate surface area is 212 Å². The molecule has 0 aromatic heterocycles. The first-order valence-electron chi connectivity index (χ1n) is 14.0. The van der Waals surface area contributed by atoms with Gasteiger partial charge in [-0.25, -0.2) is 0 Å². The predicted molar refractivity (Wildman–Crippen MR) is 139 cm³/mol. The van der Waals surface area contributed by atoms with Crippen LogP contribution in [-0.2, 0) is 16.1 Å². The number of fused-ring (bicyclic) bond motifs is 1. The van der Waals surface area contributed by atoms with Crippen LogP contribution in [0.15, 0.2) is 30.3 Å². The topological polar surface area (TPSA) is 69.6 Å². The van der Waals surface area contributed by atoms with Gasteiger partial charge in [0, 0.05) is 31.5 Å². The molecule has 3 aliphatic rings. The molecule has 5 nitrogen and oxygen atoms in total. The zero-order valence-electron chi connectivity index (χ0n) is 22.2. The molecule has 0 unspecified atom stereocenters. The average Bonchev–Trinajstić information content (AvgIpc) is 2.86. The van der Waals surface area contributed by atoms with Gasteiger partial charge in [-0.15, -0.1) is 0 Å². The van der Waals surface area contributed by atoms with E-state index in [-0.39, 0.29) is 52.9 Å².